The minimum atomic E-state index is -0.237. The molecule has 0 saturated carbocycles. The molecule has 3 nitrogen and oxygen atoms in total. The van der Waals surface area contributed by atoms with Gasteiger partial charge >= 0.3 is 0 Å². The van der Waals surface area contributed by atoms with Crippen LogP contribution in [-0.4, -0.2) is 23.9 Å². The molecule has 0 aromatic carbocycles. The number of carbonyl (C=O) groups excluding carboxylic acids is 1. The number of amides is 1. The van der Waals surface area contributed by atoms with E-state index in [4.69, 9.17) is 5.26 Å². The second kappa shape index (κ2) is 4.89. The molecule has 1 amide bonds. The number of hydrogen-bond acceptors (Lipinski definition) is 3. The van der Waals surface area contributed by atoms with Crippen molar-refractivity contribution in [2.45, 2.75) is 26.2 Å². The number of nitrogens with zero attached hydrogens (tertiary/aromatic N) is 2. The summed E-state index contributed by atoms with van der Waals surface area (Å²) >= 11 is 1.62. The van der Waals surface area contributed by atoms with Gasteiger partial charge in [-0.2, -0.15) is 16.6 Å². The molecule has 0 radical (unpaired) electrons. The Morgan fingerprint density at radius 3 is 2.82 bits per heavy atom. The summed E-state index contributed by atoms with van der Waals surface area (Å²) in [4.78, 5) is 13.9. The Morgan fingerprint density at radius 1 is 1.59 bits per heavy atom. The predicted molar refractivity (Wildman–Crippen MR) is 67.6 cm³/mol. The fourth-order valence-electron chi connectivity index (χ4n) is 2.04. The van der Waals surface area contributed by atoms with Crippen LogP contribution in [0.25, 0.3) is 0 Å². The van der Waals surface area contributed by atoms with Gasteiger partial charge in [-0.15, -0.1) is 0 Å². The smallest absolute Gasteiger partial charge is 0.227 e. The zero-order valence-electron chi connectivity index (χ0n) is 9.98. The molecule has 2 heterocycles. The highest BCUT2D eigenvalue weighted by molar-refractivity contribution is 7.07. The summed E-state index contributed by atoms with van der Waals surface area (Å²) in [6.07, 6.45) is 2.07. The molecule has 1 fully saturated rings. The number of hydrogen-bond donors (Lipinski definition) is 0. The van der Waals surface area contributed by atoms with Gasteiger partial charge in [0.1, 0.15) is 0 Å². The maximum atomic E-state index is 12.0. The molecule has 0 N–H and O–H groups in total. The second-order valence-electron chi connectivity index (χ2n) is 4.86. The first kappa shape index (κ1) is 12.1. The zero-order valence-corrected chi connectivity index (χ0v) is 10.8. The van der Waals surface area contributed by atoms with E-state index in [9.17, 15) is 4.79 Å². The molecule has 1 aliphatic heterocycles. The van der Waals surface area contributed by atoms with E-state index in [1.807, 2.05) is 28.7 Å². The van der Waals surface area contributed by atoms with Crippen LogP contribution in [0.15, 0.2) is 16.8 Å². The summed E-state index contributed by atoms with van der Waals surface area (Å²) < 4.78 is 0. The van der Waals surface area contributed by atoms with Gasteiger partial charge in [-0.05, 0) is 42.2 Å². The van der Waals surface area contributed by atoms with Crippen molar-refractivity contribution < 1.29 is 4.79 Å². The lowest BCUT2D eigenvalue weighted by Crippen LogP contribution is -2.42. The van der Waals surface area contributed by atoms with Crippen LogP contribution in [0.4, 0.5) is 0 Å². The van der Waals surface area contributed by atoms with E-state index >= 15 is 0 Å². The van der Waals surface area contributed by atoms with E-state index < -0.39 is 0 Å². The number of likely N-dealkylation sites (tertiary alicyclic amines) is 1. The lowest BCUT2D eigenvalue weighted by atomic mass is 9.82. The van der Waals surface area contributed by atoms with Gasteiger partial charge in [0.15, 0.2) is 0 Å². The van der Waals surface area contributed by atoms with Gasteiger partial charge in [0.2, 0.25) is 5.91 Å². The summed E-state index contributed by atoms with van der Waals surface area (Å²) in [7, 11) is 0. The molecule has 0 aliphatic carbocycles. The Kier molecular flexibility index (Phi) is 3.49. The van der Waals surface area contributed by atoms with Gasteiger partial charge in [-0.25, -0.2) is 0 Å². The van der Waals surface area contributed by atoms with Crippen molar-refractivity contribution >= 4 is 17.2 Å². The van der Waals surface area contributed by atoms with Gasteiger partial charge in [-0.1, -0.05) is 0 Å². The van der Waals surface area contributed by atoms with Crippen LogP contribution < -0.4 is 0 Å². The summed E-state index contributed by atoms with van der Waals surface area (Å²) in [6, 6.07) is 4.34. The van der Waals surface area contributed by atoms with Crippen molar-refractivity contribution in [2.24, 2.45) is 5.41 Å². The number of thiophene rings is 1. The molecule has 4 heteroatoms. The van der Waals surface area contributed by atoms with Crippen LogP contribution in [-0.2, 0) is 11.2 Å². The number of nitriles is 1. The normalized spacial score (nSPS) is 18.7. The molecule has 0 atom stereocenters. The maximum Gasteiger partial charge on any atom is 0.227 e. The third-order valence-corrected chi connectivity index (χ3v) is 4.16. The fourth-order valence-corrected chi connectivity index (χ4v) is 2.71. The van der Waals surface area contributed by atoms with Crippen molar-refractivity contribution in [3.63, 3.8) is 0 Å². The molecule has 1 aromatic heterocycles. The van der Waals surface area contributed by atoms with Crippen molar-refractivity contribution in [1.29, 1.82) is 5.26 Å². The van der Waals surface area contributed by atoms with Crippen LogP contribution in [0.5, 0.6) is 0 Å². The highest BCUT2D eigenvalue weighted by atomic mass is 32.1. The van der Waals surface area contributed by atoms with E-state index in [1.54, 1.807) is 11.3 Å². The minimum Gasteiger partial charge on any atom is -0.342 e. The Hall–Kier alpha value is -1.34. The second-order valence-corrected chi connectivity index (χ2v) is 5.64. The molecule has 1 saturated heterocycles. The first-order chi connectivity index (χ1) is 8.13. The molecule has 0 spiro atoms. The topological polar surface area (TPSA) is 44.1 Å². The SMILES string of the molecule is CC1(C#N)CCN(C(=O)Cc2ccsc2)CC1. The van der Waals surface area contributed by atoms with Crippen molar-refractivity contribution in [2.75, 3.05) is 13.1 Å². The van der Waals surface area contributed by atoms with Crippen LogP contribution >= 0.6 is 11.3 Å². The monoisotopic (exact) mass is 248 g/mol. The van der Waals surface area contributed by atoms with E-state index in [0.29, 0.717) is 19.5 Å². The summed E-state index contributed by atoms with van der Waals surface area (Å²) in [5.41, 5.74) is 0.854. The average molecular weight is 248 g/mol. The van der Waals surface area contributed by atoms with Gasteiger partial charge < -0.3 is 4.90 Å². The number of rotatable bonds is 2. The summed E-state index contributed by atoms with van der Waals surface area (Å²) in [5.74, 6) is 0.184. The van der Waals surface area contributed by atoms with Gasteiger partial charge in [0.05, 0.1) is 17.9 Å². The Morgan fingerprint density at radius 2 is 2.29 bits per heavy atom. The molecule has 1 aliphatic rings. The number of carbonyl (C=O) groups is 1. The highest BCUT2D eigenvalue weighted by Crippen LogP contribution is 2.29. The quantitative estimate of drug-likeness (QED) is 0.807. The van der Waals surface area contributed by atoms with Crippen molar-refractivity contribution in [3.8, 4) is 6.07 Å². The molecule has 0 bridgehead atoms. The summed E-state index contributed by atoms with van der Waals surface area (Å²) in [5, 5.41) is 13.0. The van der Waals surface area contributed by atoms with Crippen LogP contribution in [0.2, 0.25) is 0 Å². The molecule has 1 aromatic rings. The van der Waals surface area contributed by atoms with Gasteiger partial charge in [0, 0.05) is 13.1 Å². The lowest BCUT2D eigenvalue weighted by Gasteiger charge is -2.34. The highest BCUT2D eigenvalue weighted by Gasteiger charge is 2.31. The Bertz CT molecular complexity index is 425. The van der Waals surface area contributed by atoms with Crippen molar-refractivity contribution in [3.05, 3.63) is 22.4 Å². The molecular weight excluding hydrogens is 232 g/mol. The van der Waals surface area contributed by atoms with E-state index in [0.717, 1.165) is 18.4 Å². The van der Waals surface area contributed by atoms with Crippen LogP contribution in [0, 0.1) is 16.7 Å². The van der Waals surface area contributed by atoms with Crippen molar-refractivity contribution in [1.82, 2.24) is 4.90 Å². The molecule has 17 heavy (non-hydrogen) atoms. The molecule has 2 rings (SSSR count). The first-order valence-electron chi connectivity index (χ1n) is 5.83. The average Bonchev–Trinajstić information content (AvgIpc) is 2.83. The van der Waals surface area contributed by atoms with E-state index in [2.05, 4.69) is 6.07 Å². The third-order valence-electron chi connectivity index (χ3n) is 3.43. The van der Waals surface area contributed by atoms with Gasteiger partial charge in [-0.3, -0.25) is 4.79 Å². The van der Waals surface area contributed by atoms with E-state index in [1.165, 1.54) is 0 Å². The summed E-state index contributed by atoms with van der Waals surface area (Å²) in [6.45, 7) is 3.41. The van der Waals surface area contributed by atoms with Crippen LogP contribution in [0.3, 0.4) is 0 Å². The largest absolute Gasteiger partial charge is 0.342 e. The zero-order chi connectivity index (χ0) is 12.3. The first-order valence-corrected chi connectivity index (χ1v) is 6.77. The predicted octanol–water partition coefficient (Wildman–Crippen LogP) is 2.44. The Labute approximate surface area is 106 Å². The minimum absolute atomic E-state index is 0.184. The van der Waals surface area contributed by atoms with Gasteiger partial charge in [0.25, 0.3) is 0 Å². The van der Waals surface area contributed by atoms with Crippen LogP contribution in [0.1, 0.15) is 25.3 Å². The number of piperidine rings is 1. The third kappa shape index (κ3) is 2.86. The molecular formula is C13H16N2OS. The maximum absolute atomic E-state index is 12.0. The lowest BCUT2D eigenvalue weighted by molar-refractivity contribution is -0.132. The molecule has 0 unspecified atom stereocenters. The fraction of sp³-hybridized carbons (Fsp3) is 0.538. The standard InChI is InChI=1S/C13H16N2OS/c1-13(10-14)3-5-15(6-4-13)12(16)8-11-2-7-17-9-11/h2,7,9H,3-6,8H2,1H3. The molecule has 90 valence electrons. The Balaban J connectivity index is 1.89. The van der Waals surface area contributed by atoms with E-state index in [-0.39, 0.29) is 11.3 Å².